The maximum atomic E-state index is 13.2. The minimum Gasteiger partial charge on any atom is -0.349 e. The van der Waals surface area contributed by atoms with E-state index in [9.17, 15) is 26.4 Å². The summed E-state index contributed by atoms with van der Waals surface area (Å²) in [5, 5.41) is 2.84. The van der Waals surface area contributed by atoms with E-state index in [1.807, 2.05) is 0 Å². The van der Waals surface area contributed by atoms with Gasteiger partial charge >= 0.3 is 6.18 Å². The molecule has 1 aliphatic heterocycles. The first-order chi connectivity index (χ1) is 13.2. The maximum absolute atomic E-state index is 13.2. The molecule has 0 unspecified atom stereocenters. The zero-order valence-electron chi connectivity index (χ0n) is 14.8. The summed E-state index contributed by atoms with van der Waals surface area (Å²) in [5.74, 6) is -0.260. The van der Waals surface area contributed by atoms with Crippen LogP contribution in [-0.4, -0.2) is 37.8 Å². The Balaban J connectivity index is 1.69. The van der Waals surface area contributed by atoms with E-state index in [2.05, 4.69) is 5.32 Å². The number of amides is 1. The Morgan fingerprint density at radius 1 is 0.964 bits per heavy atom. The zero-order chi connectivity index (χ0) is 20.4. The predicted molar refractivity (Wildman–Crippen MR) is 97.1 cm³/mol. The molecule has 1 saturated heterocycles. The van der Waals surface area contributed by atoms with E-state index < -0.39 is 26.7 Å². The van der Waals surface area contributed by atoms with Gasteiger partial charge in [0, 0.05) is 24.7 Å². The van der Waals surface area contributed by atoms with Crippen LogP contribution in [0.25, 0.3) is 0 Å². The Morgan fingerprint density at radius 2 is 1.54 bits per heavy atom. The van der Waals surface area contributed by atoms with E-state index in [4.69, 9.17) is 0 Å². The van der Waals surface area contributed by atoms with E-state index in [0.29, 0.717) is 18.4 Å². The van der Waals surface area contributed by atoms with E-state index in [1.54, 1.807) is 30.3 Å². The van der Waals surface area contributed by atoms with Crippen molar-refractivity contribution in [3.05, 3.63) is 65.7 Å². The number of carbonyl (C=O) groups excluding carboxylic acids is 1. The summed E-state index contributed by atoms with van der Waals surface area (Å²) < 4.78 is 66.1. The van der Waals surface area contributed by atoms with Crippen LogP contribution >= 0.6 is 0 Å². The lowest BCUT2D eigenvalue weighted by molar-refractivity contribution is -0.139. The van der Waals surface area contributed by atoms with Crippen LogP contribution in [0.4, 0.5) is 13.2 Å². The van der Waals surface area contributed by atoms with Gasteiger partial charge < -0.3 is 5.32 Å². The van der Waals surface area contributed by atoms with Gasteiger partial charge in [0.15, 0.2) is 0 Å². The van der Waals surface area contributed by atoms with Gasteiger partial charge in [0.1, 0.15) is 0 Å². The van der Waals surface area contributed by atoms with Crippen molar-refractivity contribution in [3.63, 3.8) is 0 Å². The van der Waals surface area contributed by atoms with Crippen molar-refractivity contribution < 1.29 is 26.4 Å². The molecule has 1 fully saturated rings. The molecule has 1 N–H and O–H groups in total. The average molecular weight is 412 g/mol. The summed E-state index contributed by atoms with van der Waals surface area (Å²) in [5.41, 5.74) is -0.675. The third-order valence-corrected chi connectivity index (χ3v) is 6.59. The topological polar surface area (TPSA) is 66.5 Å². The Kier molecular flexibility index (Phi) is 5.76. The standard InChI is InChI=1S/C19H19F3N2O3S/c20-19(21,22)16-8-4-5-9-17(16)28(26,27)24-12-10-15(11-13-24)23-18(25)14-6-2-1-3-7-14/h1-9,15H,10-13H2,(H,23,25). The molecule has 1 aliphatic rings. The van der Waals surface area contributed by atoms with Crippen LogP contribution in [0.1, 0.15) is 28.8 Å². The number of piperidine rings is 1. The molecule has 0 spiro atoms. The molecule has 150 valence electrons. The van der Waals surface area contributed by atoms with Gasteiger partial charge in [0.2, 0.25) is 10.0 Å². The minimum absolute atomic E-state index is 0.0360. The van der Waals surface area contributed by atoms with Crippen LogP contribution in [-0.2, 0) is 16.2 Å². The fourth-order valence-corrected chi connectivity index (χ4v) is 4.85. The largest absolute Gasteiger partial charge is 0.417 e. The van der Waals surface area contributed by atoms with Crippen molar-refractivity contribution in [1.82, 2.24) is 9.62 Å². The molecule has 5 nitrogen and oxygen atoms in total. The van der Waals surface area contributed by atoms with E-state index >= 15 is 0 Å². The van der Waals surface area contributed by atoms with Crippen LogP contribution in [0, 0.1) is 0 Å². The number of nitrogens with one attached hydrogen (secondary N) is 1. The normalized spacial score (nSPS) is 16.7. The fourth-order valence-electron chi connectivity index (χ4n) is 3.16. The Labute approximate surface area is 161 Å². The summed E-state index contributed by atoms with van der Waals surface area (Å²) in [6, 6.07) is 12.5. The van der Waals surface area contributed by atoms with Crippen molar-refractivity contribution in [2.75, 3.05) is 13.1 Å². The van der Waals surface area contributed by atoms with Gasteiger partial charge in [0.25, 0.3) is 5.91 Å². The van der Waals surface area contributed by atoms with Gasteiger partial charge in [-0.1, -0.05) is 30.3 Å². The van der Waals surface area contributed by atoms with Crippen molar-refractivity contribution >= 4 is 15.9 Å². The Morgan fingerprint density at radius 3 is 2.14 bits per heavy atom. The maximum Gasteiger partial charge on any atom is 0.417 e. The van der Waals surface area contributed by atoms with Gasteiger partial charge in [0.05, 0.1) is 10.5 Å². The highest BCUT2D eigenvalue weighted by Crippen LogP contribution is 2.35. The molecule has 2 aromatic rings. The number of hydrogen-bond donors (Lipinski definition) is 1. The first-order valence-corrected chi connectivity index (χ1v) is 10.2. The quantitative estimate of drug-likeness (QED) is 0.838. The van der Waals surface area contributed by atoms with Gasteiger partial charge in [-0.2, -0.15) is 17.5 Å². The second kappa shape index (κ2) is 7.92. The molecule has 1 heterocycles. The minimum atomic E-state index is -4.76. The lowest BCUT2D eigenvalue weighted by atomic mass is 10.1. The van der Waals surface area contributed by atoms with Crippen LogP contribution in [0.15, 0.2) is 59.5 Å². The predicted octanol–water partition coefficient (Wildman–Crippen LogP) is 3.29. The second-order valence-electron chi connectivity index (χ2n) is 6.51. The molecular weight excluding hydrogens is 393 g/mol. The highest BCUT2D eigenvalue weighted by atomic mass is 32.2. The van der Waals surface area contributed by atoms with Crippen molar-refractivity contribution in [2.45, 2.75) is 30.0 Å². The number of hydrogen-bond acceptors (Lipinski definition) is 3. The highest BCUT2D eigenvalue weighted by Gasteiger charge is 2.39. The van der Waals surface area contributed by atoms with Crippen molar-refractivity contribution in [3.8, 4) is 0 Å². The van der Waals surface area contributed by atoms with Crippen molar-refractivity contribution in [2.24, 2.45) is 0 Å². The van der Waals surface area contributed by atoms with Crippen molar-refractivity contribution in [1.29, 1.82) is 0 Å². The highest BCUT2D eigenvalue weighted by molar-refractivity contribution is 7.89. The van der Waals surface area contributed by atoms with Gasteiger partial charge in [-0.15, -0.1) is 0 Å². The molecule has 0 aromatic heterocycles. The van der Waals surface area contributed by atoms with Gasteiger partial charge in [-0.05, 0) is 37.1 Å². The van der Waals surface area contributed by atoms with Gasteiger partial charge in [-0.25, -0.2) is 8.42 Å². The molecular formula is C19H19F3N2O3S. The molecule has 0 bridgehead atoms. The lowest BCUT2D eigenvalue weighted by Gasteiger charge is -2.32. The Bertz CT molecular complexity index is 938. The van der Waals surface area contributed by atoms with Crippen LogP contribution in [0.2, 0.25) is 0 Å². The second-order valence-corrected chi connectivity index (χ2v) is 8.42. The smallest absolute Gasteiger partial charge is 0.349 e. The third-order valence-electron chi connectivity index (χ3n) is 4.64. The fraction of sp³-hybridized carbons (Fsp3) is 0.316. The summed E-state index contributed by atoms with van der Waals surface area (Å²) >= 11 is 0. The molecule has 3 rings (SSSR count). The number of halogens is 3. The molecule has 0 saturated carbocycles. The number of nitrogens with zero attached hydrogens (tertiary/aromatic N) is 1. The molecule has 0 radical (unpaired) electrons. The Hall–Kier alpha value is -2.39. The van der Waals surface area contributed by atoms with Crippen LogP contribution in [0.5, 0.6) is 0 Å². The number of carbonyl (C=O) groups is 1. The molecule has 9 heteroatoms. The van der Waals surface area contributed by atoms with Gasteiger partial charge in [-0.3, -0.25) is 4.79 Å². The summed E-state index contributed by atoms with van der Waals surface area (Å²) in [6.07, 6.45) is -4.11. The lowest BCUT2D eigenvalue weighted by Crippen LogP contribution is -2.46. The number of sulfonamides is 1. The number of alkyl halides is 3. The number of benzene rings is 2. The van der Waals surface area contributed by atoms with E-state index in [0.717, 1.165) is 22.5 Å². The van der Waals surface area contributed by atoms with Crippen LogP contribution < -0.4 is 5.32 Å². The zero-order valence-corrected chi connectivity index (χ0v) is 15.6. The molecule has 0 aliphatic carbocycles. The van der Waals surface area contributed by atoms with Crippen LogP contribution in [0.3, 0.4) is 0 Å². The number of rotatable bonds is 4. The molecule has 2 aromatic carbocycles. The van der Waals surface area contributed by atoms with E-state index in [-0.39, 0.29) is 25.0 Å². The SMILES string of the molecule is O=C(NC1CCN(S(=O)(=O)c2ccccc2C(F)(F)F)CC1)c1ccccc1. The summed E-state index contributed by atoms with van der Waals surface area (Å²) in [4.78, 5) is 11.5. The van der Waals surface area contributed by atoms with E-state index in [1.165, 1.54) is 6.07 Å². The average Bonchev–Trinajstić information content (AvgIpc) is 2.68. The summed E-state index contributed by atoms with van der Waals surface area (Å²) in [7, 11) is -4.28. The molecule has 1 amide bonds. The first kappa shape index (κ1) is 20.3. The third kappa shape index (κ3) is 4.36. The monoisotopic (exact) mass is 412 g/mol. The molecule has 28 heavy (non-hydrogen) atoms. The summed E-state index contributed by atoms with van der Waals surface area (Å²) in [6.45, 7) is 0.0719. The molecule has 0 atom stereocenters. The first-order valence-electron chi connectivity index (χ1n) is 8.72.